The minimum atomic E-state index is 0.0938. The Labute approximate surface area is 119 Å². The van der Waals surface area contributed by atoms with E-state index >= 15 is 0 Å². The summed E-state index contributed by atoms with van der Waals surface area (Å²) < 4.78 is 5.52. The Balaban J connectivity index is 2.40. The summed E-state index contributed by atoms with van der Waals surface area (Å²) in [5.74, 6) is 0.552. The van der Waals surface area contributed by atoms with E-state index in [2.05, 4.69) is 9.97 Å². The van der Waals surface area contributed by atoms with Crippen LogP contribution in [0.25, 0.3) is 0 Å². The number of hydrogen-bond acceptors (Lipinski definition) is 4. The lowest BCUT2D eigenvalue weighted by Gasteiger charge is -2.09. The van der Waals surface area contributed by atoms with Crippen LogP contribution in [0.3, 0.4) is 0 Å². The van der Waals surface area contributed by atoms with Crippen molar-refractivity contribution in [1.29, 1.82) is 0 Å². The number of rotatable bonds is 3. The largest absolute Gasteiger partial charge is 0.435 e. The first-order chi connectivity index (χ1) is 8.58. The molecule has 4 nitrogen and oxygen atoms in total. The van der Waals surface area contributed by atoms with Crippen molar-refractivity contribution in [3.63, 3.8) is 0 Å². The van der Waals surface area contributed by atoms with E-state index < -0.39 is 0 Å². The molecule has 1 aromatic heterocycles. The highest BCUT2D eigenvalue weighted by molar-refractivity contribution is 7.80. The maximum atomic E-state index is 5.98. The van der Waals surface area contributed by atoms with Gasteiger partial charge in [0, 0.05) is 23.5 Å². The average Bonchev–Trinajstić information content (AvgIpc) is 2.34. The lowest BCUT2D eigenvalue weighted by Crippen LogP contribution is -2.13. The summed E-state index contributed by atoms with van der Waals surface area (Å²) >= 11 is 16.7. The van der Waals surface area contributed by atoms with E-state index in [-0.39, 0.29) is 10.9 Å². The summed E-state index contributed by atoms with van der Waals surface area (Å²) in [6.07, 6.45) is 2.94. The first-order valence-electron chi connectivity index (χ1n) is 4.81. The Hall–Kier alpha value is -1.43. The molecule has 0 radical (unpaired) electrons. The van der Waals surface area contributed by atoms with Crippen molar-refractivity contribution < 1.29 is 4.74 Å². The molecule has 0 saturated heterocycles. The molecule has 92 valence electrons. The van der Waals surface area contributed by atoms with Crippen LogP contribution in [0.4, 0.5) is 0 Å². The molecule has 0 atom stereocenters. The van der Waals surface area contributed by atoms with Gasteiger partial charge in [-0.3, -0.25) is 0 Å². The quantitative estimate of drug-likeness (QED) is 0.882. The van der Waals surface area contributed by atoms with Gasteiger partial charge in [-0.15, -0.1) is 0 Å². The highest BCUT2D eigenvalue weighted by Gasteiger charge is 2.12. The molecule has 0 fully saturated rings. The highest BCUT2D eigenvalue weighted by Crippen LogP contribution is 2.31. The maximum absolute atomic E-state index is 5.98. The first-order valence-corrected chi connectivity index (χ1v) is 5.98. The zero-order valence-corrected chi connectivity index (χ0v) is 11.3. The minimum absolute atomic E-state index is 0.0938. The van der Waals surface area contributed by atoms with Gasteiger partial charge in [0.25, 0.3) is 0 Å². The topological polar surface area (TPSA) is 61.0 Å². The van der Waals surface area contributed by atoms with Gasteiger partial charge in [-0.1, -0.05) is 35.4 Å². The molecule has 0 aliphatic carbocycles. The second kappa shape index (κ2) is 5.48. The second-order valence-electron chi connectivity index (χ2n) is 3.25. The normalized spacial score (nSPS) is 10.1. The summed E-state index contributed by atoms with van der Waals surface area (Å²) in [6, 6.07) is 4.85. The van der Waals surface area contributed by atoms with Crippen molar-refractivity contribution in [1.82, 2.24) is 9.97 Å². The molecule has 2 rings (SSSR count). The van der Waals surface area contributed by atoms with Crippen LogP contribution in [0.15, 0.2) is 30.6 Å². The van der Waals surface area contributed by atoms with Crippen LogP contribution in [0.5, 0.6) is 11.6 Å². The molecule has 0 bridgehead atoms. The Morgan fingerprint density at radius 3 is 2.67 bits per heavy atom. The Kier molecular flexibility index (Phi) is 3.96. The number of aromatic nitrogens is 2. The van der Waals surface area contributed by atoms with Crippen LogP contribution in [-0.4, -0.2) is 15.0 Å². The van der Waals surface area contributed by atoms with Crippen LogP contribution in [0.1, 0.15) is 5.69 Å². The average molecular weight is 300 g/mol. The van der Waals surface area contributed by atoms with Crippen LogP contribution < -0.4 is 10.5 Å². The van der Waals surface area contributed by atoms with Gasteiger partial charge in [0.1, 0.15) is 10.7 Å². The van der Waals surface area contributed by atoms with Crippen molar-refractivity contribution in [2.24, 2.45) is 5.73 Å². The number of nitrogens with zero attached hydrogens (tertiary/aromatic N) is 2. The Bertz CT molecular complexity index is 607. The first kappa shape index (κ1) is 13.0. The van der Waals surface area contributed by atoms with Crippen molar-refractivity contribution in [2.75, 3.05) is 0 Å². The number of halogens is 2. The van der Waals surface area contributed by atoms with Crippen LogP contribution in [-0.2, 0) is 0 Å². The molecule has 0 saturated carbocycles. The fourth-order valence-corrected chi connectivity index (χ4v) is 1.69. The highest BCUT2D eigenvalue weighted by atomic mass is 35.5. The van der Waals surface area contributed by atoms with Crippen molar-refractivity contribution >= 4 is 40.4 Å². The monoisotopic (exact) mass is 299 g/mol. The zero-order valence-electron chi connectivity index (χ0n) is 8.93. The molecule has 0 amide bonds. The van der Waals surface area contributed by atoms with Gasteiger partial charge in [0.2, 0.25) is 5.88 Å². The van der Waals surface area contributed by atoms with Crippen LogP contribution in [0.2, 0.25) is 10.0 Å². The van der Waals surface area contributed by atoms with Crippen molar-refractivity contribution in [2.45, 2.75) is 0 Å². The predicted octanol–water partition coefficient (Wildman–Crippen LogP) is 3.21. The van der Waals surface area contributed by atoms with Gasteiger partial charge in [0.15, 0.2) is 5.69 Å². The van der Waals surface area contributed by atoms with E-state index in [0.717, 1.165) is 0 Å². The summed E-state index contributed by atoms with van der Waals surface area (Å²) in [4.78, 5) is 8.10. The molecule has 0 spiro atoms. The smallest absolute Gasteiger partial charge is 0.248 e. The van der Waals surface area contributed by atoms with E-state index in [0.29, 0.717) is 21.5 Å². The van der Waals surface area contributed by atoms with E-state index in [1.54, 1.807) is 18.2 Å². The van der Waals surface area contributed by atoms with Crippen molar-refractivity contribution in [3.8, 4) is 11.6 Å². The fourth-order valence-electron chi connectivity index (χ4n) is 1.23. The Morgan fingerprint density at radius 2 is 1.94 bits per heavy atom. The Morgan fingerprint density at radius 1 is 1.22 bits per heavy atom. The maximum Gasteiger partial charge on any atom is 0.248 e. The molecule has 0 aliphatic rings. The molecule has 7 heteroatoms. The van der Waals surface area contributed by atoms with Gasteiger partial charge in [-0.2, -0.15) is 0 Å². The molecular weight excluding hydrogens is 293 g/mol. The third-order valence-electron chi connectivity index (χ3n) is 2.00. The molecule has 1 aromatic carbocycles. The van der Waals surface area contributed by atoms with Crippen LogP contribution >= 0.6 is 35.4 Å². The van der Waals surface area contributed by atoms with Gasteiger partial charge in [0.05, 0.1) is 5.02 Å². The number of ether oxygens (including phenoxy) is 1. The lowest BCUT2D eigenvalue weighted by atomic mass is 10.3. The van der Waals surface area contributed by atoms with Gasteiger partial charge < -0.3 is 10.5 Å². The number of hydrogen-bond donors (Lipinski definition) is 1. The second-order valence-corrected chi connectivity index (χ2v) is 4.53. The summed E-state index contributed by atoms with van der Waals surface area (Å²) in [5.41, 5.74) is 5.82. The summed E-state index contributed by atoms with van der Waals surface area (Å²) in [6.45, 7) is 0. The predicted molar refractivity (Wildman–Crippen MR) is 74.5 cm³/mol. The molecule has 0 aliphatic heterocycles. The van der Waals surface area contributed by atoms with Crippen molar-refractivity contribution in [3.05, 3.63) is 46.3 Å². The molecule has 2 aromatic rings. The lowest BCUT2D eigenvalue weighted by molar-refractivity contribution is 0.459. The van der Waals surface area contributed by atoms with Gasteiger partial charge in [-0.25, -0.2) is 9.97 Å². The third-order valence-corrected chi connectivity index (χ3v) is 2.74. The number of benzene rings is 1. The van der Waals surface area contributed by atoms with E-state index in [1.165, 1.54) is 12.4 Å². The number of thiocarbonyl (C=S) groups is 1. The minimum Gasteiger partial charge on any atom is -0.435 e. The SMILES string of the molecule is NC(=S)c1nccnc1Oc1cc(Cl)ccc1Cl. The fraction of sp³-hybridized carbons (Fsp3) is 0. The zero-order chi connectivity index (χ0) is 13.1. The van der Waals surface area contributed by atoms with Gasteiger partial charge in [-0.05, 0) is 12.1 Å². The van der Waals surface area contributed by atoms with E-state index in [1.807, 2.05) is 0 Å². The van der Waals surface area contributed by atoms with E-state index in [9.17, 15) is 0 Å². The molecular formula is C11H7Cl2N3OS. The van der Waals surface area contributed by atoms with Crippen LogP contribution in [0, 0.1) is 0 Å². The van der Waals surface area contributed by atoms with E-state index in [4.69, 9.17) is 45.9 Å². The third kappa shape index (κ3) is 2.87. The summed E-state index contributed by atoms with van der Waals surface area (Å²) in [5, 5.41) is 0.897. The summed E-state index contributed by atoms with van der Waals surface area (Å²) in [7, 11) is 0. The standard InChI is InChI=1S/C11H7Cl2N3OS/c12-6-1-2-7(13)8(5-6)17-11-9(10(14)18)15-3-4-16-11/h1-5H,(H2,14,18). The van der Waals surface area contributed by atoms with Gasteiger partial charge >= 0.3 is 0 Å². The molecule has 18 heavy (non-hydrogen) atoms. The molecule has 1 heterocycles. The molecule has 0 unspecified atom stereocenters. The molecule has 2 N–H and O–H groups in total. The number of nitrogens with two attached hydrogens (primary N) is 1.